The first-order chi connectivity index (χ1) is 8.29. The van der Waals surface area contributed by atoms with Crippen molar-refractivity contribution in [3.63, 3.8) is 0 Å². The van der Waals surface area contributed by atoms with Gasteiger partial charge in [0.25, 0.3) is 0 Å². The first-order valence-corrected chi connectivity index (χ1v) is 5.55. The Kier molecular flexibility index (Phi) is 3.87. The summed E-state index contributed by atoms with van der Waals surface area (Å²) in [7, 11) is 1.32. The molecular formula is C11H15N3O3. The minimum absolute atomic E-state index is 0.199. The Morgan fingerprint density at radius 2 is 2.53 bits per heavy atom. The van der Waals surface area contributed by atoms with Crippen molar-refractivity contribution in [3.05, 3.63) is 18.1 Å². The molecule has 0 saturated carbocycles. The predicted octanol–water partition coefficient (Wildman–Crippen LogP) is 0.854. The fourth-order valence-corrected chi connectivity index (χ4v) is 1.68. The molecule has 2 rings (SSSR count). The van der Waals surface area contributed by atoms with Crippen LogP contribution in [0.1, 0.15) is 23.3 Å². The van der Waals surface area contributed by atoms with Gasteiger partial charge in [0.1, 0.15) is 5.82 Å². The molecule has 1 aromatic heterocycles. The van der Waals surface area contributed by atoms with Gasteiger partial charge in [0.2, 0.25) is 0 Å². The third-order valence-corrected chi connectivity index (χ3v) is 2.56. The van der Waals surface area contributed by atoms with E-state index in [1.54, 1.807) is 6.20 Å². The molecule has 0 aromatic carbocycles. The van der Waals surface area contributed by atoms with Gasteiger partial charge in [0, 0.05) is 13.2 Å². The van der Waals surface area contributed by atoms with Crippen molar-refractivity contribution in [1.82, 2.24) is 9.97 Å². The minimum atomic E-state index is -0.488. The molecule has 1 fully saturated rings. The molecule has 2 heterocycles. The first-order valence-electron chi connectivity index (χ1n) is 5.55. The number of ether oxygens (including phenoxy) is 2. The lowest BCUT2D eigenvalue weighted by atomic mass is 10.2. The number of hydrogen-bond donors (Lipinski definition) is 1. The number of anilines is 1. The third kappa shape index (κ3) is 3.13. The van der Waals surface area contributed by atoms with Crippen molar-refractivity contribution in [1.29, 1.82) is 0 Å². The van der Waals surface area contributed by atoms with Crippen molar-refractivity contribution in [2.75, 3.05) is 25.6 Å². The standard InChI is InChI=1S/C11H15N3O3/c1-16-11(15)9-6-12-7-10(14-9)13-5-8-3-2-4-17-8/h6-8H,2-5H2,1H3,(H,13,14). The zero-order valence-corrected chi connectivity index (χ0v) is 9.68. The molecule has 1 aromatic rings. The van der Waals surface area contributed by atoms with Crippen LogP contribution in [0.25, 0.3) is 0 Å². The molecule has 92 valence electrons. The van der Waals surface area contributed by atoms with Gasteiger partial charge >= 0.3 is 5.97 Å². The molecule has 1 N–H and O–H groups in total. The molecule has 0 radical (unpaired) electrons. The van der Waals surface area contributed by atoms with Crippen LogP contribution in [0.2, 0.25) is 0 Å². The lowest BCUT2D eigenvalue weighted by molar-refractivity contribution is 0.0593. The average Bonchev–Trinajstić information content (AvgIpc) is 2.89. The van der Waals surface area contributed by atoms with Gasteiger partial charge in [0.05, 0.1) is 25.6 Å². The molecule has 1 unspecified atom stereocenters. The Balaban J connectivity index is 1.93. The van der Waals surface area contributed by atoms with Gasteiger partial charge in [-0.25, -0.2) is 9.78 Å². The van der Waals surface area contributed by atoms with Crippen molar-refractivity contribution in [3.8, 4) is 0 Å². The van der Waals surface area contributed by atoms with Gasteiger partial charge in [-0.1, -0.05) is 0 Å². The van der Waals surface area contributed by atoms with E-state index >= 15 is 0 Å². The van der Waals surface area contributed by atoms with Gasteiger partial charge in [0.15, 0.2) is 5.69 Å². The second-order valence-corrected chi connectivity index (χ2v) is 3.80. The summed E-state index contributed by atoms with van der Waals surface area (Å²) in [6.45, 7) is 1.50. The number of esters is 1. The smallest absolute Gasteiger partial charge is 0.358 e. The molecule has 6 nitrogen and oxygen atoms in total. The highest BCUT2D eigenvalue weighted by Crippen LogP contribution is 2.12. The van der Waals surface area contributed by atoms with E-state index in [1.807, 2.05) is 0 Å². The molecule has 0 aliphatic carbocycles. The first kappa shape index (κ1) is 11.8. The normalized spacial score (nSPS) is 19.0. The molecular weight excluding hydrogens is 222 g/mol. The van der Waals surface area contributed by atoms with Crippen molar-refractivity contribution in [2.24, 2.45) is 0 Å². The molecule has 6 heteroatoms. The lowest BCUT2D eigenvalue weighted by Crippen LogP contribution is -2.19. The lowest BCUT2D eigenvalue weighted by Gasteiger charge is -2.11. The van der Waals surface area contributed by atoms with Crippen molar-refractivity contribution < 1.29 is 14.3 Å². The van der Waals surface area contributed by atoms with Gasteiger partial charge in [-0.15, -0.1) is 0 Å². The Hall–Kier alpha value is -1.69. The maximum Gasteiger partial charge on any atom is 0.358 e. The largest absolute Gasteiger partial charge is 0.464 e. The van der Waals surface area contributed by atoms with Crippen LogP contribution < -0.4 is 5.32 Å². The van der Waals surface area contributed by atoms with Crippen LogP contribution in [0.4, 0.5) is 5.82 Å². The van der Waals surface area contributed by atoms with Crippen LogP contribution in [0.3, 0.4) is 0 Å². The average molecular weight is 237 g/mol. The highest BCUT2D eigenvalue weighted by molar-refractivity contribution is 5.87. The van der Waals surface area contributed by atoms with E-state index in [1.165, 1.54) is 13.3 Å². The highest BCUT2D eigenvalue weighted by Gasteiger charge is 2.15. The molecule has 1 saturated heterocycles. The molecule has 0 amide bonds. The van der Waals surface area contributed by atoms with Crippen LogP contribution in [0.5, 0.6) is 0 Å². The third-order valence-electron chi connectivity index (χ3n) is 2.56. The van der Waals surface area contributed by atoms with Crippen LogP contribution >= 0.6 is 0 Å². The summed E-state index contributed by atoms with van der Waals surface area (Å²) in [6.07, 6.45) is 5.32. The summed E-state index contributed by atoms with van der Waals surface area (Å²) in [5, 5.41) is 3.10. The monoisotopic (exact) mass is 237 g/mol. The quantitative estimate of drug-likeness (QED) is 0.783. The van der Waals surface area contributed by atoms with Crippen LogP contribution in [0, 0.1) is 0 Å². The molecule has 0 spiro atoms. The van der Waals surface area contributed by atoms with E-state index in [0.717, 1.165) is 19.4 Å². The highest BCUT2D eigenvalue weighted by atomic mass is 16.5. The molecule has 1 aliphatic heterocycles. The summed E-state index contributed by atoms with van der Waals surface area (Å²) in [4.78, 5) is 19.3. The van der Waals surface area contributed by atoms with Gasteiger partial charge in [-0.3, -0.25) is 4.98 Å². The Morgan fingerprint density at radius 1 is 1.65 bits per heavy atom. The number of nitrogens with one attached hydrogen (secondary N) is 1. The molecule has 1 atom stereocenters. The van der Waals surface area contributed by atoms with E-state index < -0.39 is 5.97 Å². The Morgan fingerprint density at radius 3 is 3.24 bits per heavy atom. The predicted molar refractivity (Wildman–Crippen MR) is 60.8 cm³/mol. The Labute approximate surface area is 99.4 Å². The molecule has 17 heavy (non-hydrogen) atoms. The topological polar surface area (TPSA) is 73.3 Å². The zero-order chi connectivity index (χ0) is 12.1. The second kappa shape index (κ2) is 5.58. The summed E-state index contributed by atoms with van der Waals surface area (Å²) < 4.78 is 10.0. The van der Waals surface area contributed by atoms with Gasteiger partial charge in [-0.2, -0.15) is 0 Å². The second-order valence-electron chi connectivity index (χ2n) is 3.80. The number of nitrogens with zero attached hydrogens (tertiary/aromatic N) is 2. The van der Waals surface area contributed by atoms with E-state index in [2.05, 4.69) is 20.0 Å². The number of carbonyl (C=O) groups is 1. The number of carbonyl (C=O) groups excluding carboxylic acids is 1. The maximum atomic E-state index is 11.2. The summed E-state index contributed by atoms with van der Waals surface area (Å²) in [6, 6.07) is 0. The van der Waals surface area contributed by atoms with Gasteiger partial charge in [-0.05, 0) is 12.8 Å². The Bertz CT molecular complexity index is 391. The van der Waals surface area contributed by atoms with E-state index in [4.69, 9.17) is 4.74 Å². The number of hydrogen-bond acceptors (Lipinski definition) is 6. The van der Waals surface area contributed by atoms with Crippen molar-refractivity contribution in [2.45, 2.75) is 18.9 Å². The van der Waals surface area contributed by atoms with E-state index in [0.29, 0.717) is 12.4 Å². The minimum Gasteiger partial charge on any atom is -0.464 e. The summed E-state index contributed by atoms with van der Waals surface area (Å²) in [5.41, 5.74) is 0.199. The van der Waals surface area contributed by atoms with Gasteiger partial charge < -0.3 is 14.8 Å². The van der Waals surface area contributed by atoms with Crippen LogP contribution in [-0.4, -0.2) is 42.3 Å². The van der Waals surface area contributed by atoms with E-state index in [9.17, 15) is 4.79 Å². The summed E-state index contributed by atoms with van der Waals surface area (Å²) in [5.74, 6) is 0.0710. The maximum absolute atomic E-state index is 11.2. The SMILES string of the molecule is COC(=O)c1cncc(NCC2CCCO2)n1. The number of aromatic nitrogens is 2. The molecule has 1 aliphatic rings. The number of rotatable bonds is 4. The van der Waals surface area contributed by atoms with E-state index in [-0.39, 0.29) is 11.8 Å². The summed E-state index contributed by atoms with van der Waals surface area (Å²) >= 11 is 0. The van der Waals surface area contributed by atoms with Crippen LogP contribution in [0.15, 0.2) is 12.4 Å². The van der Waals surface area contributed by atoms with Crippen molar-refractivity contribution >= 4 is 11.8 Å². The fourth-order valence-electron chi connectivity index (χ4n) is 1.68. The molecule has 0 bridgehead atoms. The number of methoxy groups -OCH3 is 1. The zero-order valence-electron chi connectivity index (χ0n) is 9.68. The fraction of sp³-hybridized carbons (Fsp3) is 0.545. The van der Waals surface area contributed by atoms with Crippen LogP contribution in [-0.2, 0) is 9.47 Å².